The van der Waals surface area contributed by atoms with Crippen molar-refractivity contribution in [1.82, 2.24) is 9.78 Å². The molecule has 3 rings (SSSR count). The van der Waals surface area contributed by atoms with Crippen LogP contribution in [0.2, 0.25) is 0 Å². The van der Waals surface area contributed by atoms with Gasteiger partial charge >= 0.3 is 0 Å². The minimum atomic E-state index is 0.708. The van der Waals surface area contributed by atoms with Gasteiger partial charge in [-0.3, -0.25) is 0 Å². The summed E-state index contributed by atoms with van der Waals surface area (Å²) in [4.78, 5) is 0. The fraction of sp³-hybridized carbons (Fsp3) is 0.357. The number of nitrogen functional groups attached to an aromatic ring is 1. The molecule has 88 valence electrons. The van der Waals surface area contributed by atoms with Crippen LogP contribution >= 0.6 is 0 Å². The van der Waals surface area contributed by atoms with E-state index in [-0.39, 0.29) is 0 Å². The van der Waals surface area contributed by atoms with E-state index in [0.29, 0.717) is 5.82 Å². The molecular weight excluding hydrogens is 210 g/mol. The molecule has 0 radical (unpaired) electrons. The van der Waals surface area contributed by atoms with Crippen molar-refractivity contribution in [3.8, 4) is 5.69 Å². The maximum absolute atomic E-state index is 5.97. The van der Waals surface area contributed by atoms with Crippen LogP contribution in [0.3, 0.4) is 0 Å². The molecule has 1 aromatic heterocycles. The average molecular weight is 227 g/mol. The van der Waals surface area contributed by atoms with Gasteiger partial charge in [0.15, 0.2) is 0 Å². The summed E-state index contributed by atoms with van der Waals surface area (Å²) in [7, 11) is 0. The van der Waals surface area contributed by atoms with Crippen LogP contribution in [-0.4, -0.2) is 9.78 Å². The van der Waals surface area contributed by atoms with Crippen molar-refractivity contribution >= 4 is 5.82 Å². The number of hydrogen-bond donors (Lipinski definition) is 1. The molecule has 0 aliphatic heterocycles. The molecule has 0 fully saturated rings. The highest BCUT2D eigenvalue weighted by atomic mass is 15.3. The monoisotopic (exact) mass is 227 g/mol. The molecule has 1 aromatic carbocycles. The topological polar surface area (TPSA) is 43.8 Å². The molecule has 0 atom stereocenters. The van der Waals surface area contributed by atoms with E-state index in [0.717, 1.165) is 24.9 Å². The summed E-state index contributed by atoms with van der Waals surface area (Å²) in [5.41, 5.74) is 11.0. The van der Waals surface area contributed by atoms with Gasteiger partial charge < -0.3 is 5.73 Å². The Balaban J connectivity index is 2.12. The Morgan fingerprint density at radius 2 is 2.24 bits per heavy atom. The molecule has 2 aromatic rings. The standard InChI is InChI=1S/C14H17N3/c1-2-10-5-3-6-11(9-10)17-13-8-4-7-12(13)14(15)16-17/h3,5-6,9H,2,4,7-8H2,1H3,(H2,15,16). The lowest BCUT2D eigenvalue weighted by molar-refractivity contribution is 0.787. The summed E-state index contributed by atoms with van der Waals surface area (Å²) in [6.07, 6.45) is 4.42. The molecular formula is C14H17N3. The van der Waals surface area contributed by atoms with Crippen molar-refractivity contribution in [2.24, 2.45) is 0 Å². The van der Waals surface area contributed by atoms with E-state index in [1.807, 2.05) is 4.68 Å². The van der Waals surface area contributed by atoms with Crippen LogP contribution in [0.5, 0.6) is 0 Å². The molecule has 2 N–H and O–H groups in total. The minimum Gasteiger partial charge on any atom is -0.382 e. The molecule has 0 saturated carbocycles. The van der Waals surface area contributed by atoms with Crippen LogP contribution < -0.4 is 5.73 Å². The van der Waals surface area contributed by atoms with E-state index in [1.165, 1.54) is 23.2 Å². The number of fused-ring (bicyclic) bond motifs is 1. The van der Waals surface area contributed by atoms with Gasteiger partial charge in [-0.25, -0.2) is 4.68 Å². The lowest BCUT2D eigenvalue weighted by Gasteiger charge is -2.06. The molecule has 0 bridgehead atoms. The van der Waals surface area contributed by atoms with Crippen LogP contribution in [0.25, 0.3) is 5.69 Å². The molecule has 1 aliphatic rings. The van der Waals surface area contributed by atoms with Crippen LogP contribution in [0.15, 0.2) is 24.3 Å². The Labute approximate surface area is 101 Å². The molecule has 0 unspecified atom stereocenters. The molecule has 0 spiro atoms. The first-order valence-corrected chi connectivity index (χ1v) is 6.25. The van der Waals surface area contributed by atoms with E-state index in [9.17, 15) is 0 Å². The molecule has 1 heterocycles. The van der Waals surface area contributed by atoms with Gasteiger partial charge in [0.05, 0.1) is 5.69 Å². The van der Waals surface area contributed by atoms with Gasteiger partial charge in [0.2, 0.25) is 0 Å². The van der Waals surface area contributed by atoms with Gasteiger partial charge in [-0.05, 0) is 43.4 Å². The SMILES string of the molecule is CCc1cccc(-n2nc(N)c3c2CCC3)c1. The van der Waals surface area contributed by atoms with Gasteiger partial charge in [0.25, 0.3) is 0 Å². The van der Waals surface area contributed by atoms with E-state index in [2.05, 4.69) is 36.3 Å². The summed E-state index contributed by atoms with van der Waals surface area (Å²) in [6.45, 7) is 2.17. The summed E-state index contributed by atoms with van der Waals surface area (Å²) in [5, 5.41) is 4.47. The zero-order valence-electron chi connectivity index (χ0n) is 10.1. The Morgan fingerprint density at radius 1 is 1.35 bits per heavy atom. The zero-order valence-corrected chi connectivity index (χ0v) is 10.1. The maximum Gasteiger partial charge on any atom is 0.149 e. The van der Waals surface area contributed by atoms with Crippen LogP contribution in [-0.2, 0) is 19.3 Å². The van der Waals surface area contributed by atoms with Crippen molar-refractivity contribution < 1.29 is 0 Å². The Hall–Kier alpha value is -1.77. The first-order valence-electron chi connectivity index (χ1n) is 6.25. The van der Waals surface area contributed by atoms with Crippen molar-refractivity contribution in [2.45, 2.75) is 32.6 Å². The second-order valence-electron chi connectivity index (χ2n) is 4.60. The lowest BCUT2D eigenvalue weighted by atomic mass is 10.1. The van der Waals surface area contributed by atoms with Crippen molar-refractivity contribution in [3.63, 3.8) is 0 Å². The quantitative estimate of drug-likeness (QED) is 0.856. The third-order valence-electron chi connectivity index (χ3n) is 3.52. The maximum atomic E-state index is 5.97. The van der Waals surface area contributed by atoms with Gasteiger partial charge in [0.1, 0.15) is 5.82 Å². The third-order valence-corrected chi connectivity index (χ3v) is 3.52. The average Bonchev–Trinajstić information content (AvgIpc) is 2.94. The number of benzene rings is 1. The number of aryl methyl sites for hydroxylation is 1. The second kappa shape index (κ2) is 3.91. The third kappa shape index (κ3) is 1.62. The van der Waals surface area contributed by atoms with Crippen molar-refractivity contribution in [3.05, 3.63) is 41.1 Å². The van der Waals surface area contributed by atoms with E-state index < -0.39 is 0 Å². The molecule has 1 aliphatic carbocycles. The molecule has 0 amide bonds. The number of anilines is 1. The van der Waals surface area contributed by atoms with E-state index >= 15 is 0 Å². The molecule has 17 heavy (non-hydrogen) atoms. The first-order chi connectivity index (χ1) is 8.29. The van der Waals surface area contributed by atoms with Crippen LogP contribution in [0.4, 0.5) is 5.82 Å². The molecule has 3 nitrogen and oxygen atoms in total. The highest BCUT2D eigenvalue weighted by molar-refractivity contribution is 5.49. The number of rotatable bonds is 2. The summed E-state index contributed by atoms with van der Waals surface area (Å²) < 4.78 is 2.02. The normalized spacial score (nSPS) is 13.9. The van der Waals surface area contributed by atoms with Gasteiger partial charge in [-0.15, -0.1) is 0 Å². The fourth-order valence-corrected chi connectivity index (χ4v) is 2.59. The van der Waals surface area contributed by atoms with Crippen molar-refractivity contribution in [2.75, 3.05) is 5.73 Å². The van der Waals surface area contributed by atoms with Crippen LogP contribution in [0.1, 0.15) is 30.2 Å². The Kier molecular flexibility index (Phi) is 2.39. The second-order valence-corrected chi connectivity index (χ2v) is 4.60. The minimum absolute atomic E-state index is 0.708. The van der Waals surface area contributed by atoms with Gasteiger partial charge in [-0.1, -0.05) is 19.1 Å². The predicted molar refractivity (Wildman–Crippen MR) is 69.4 cm³/mol. The summed E-state index contributed by atoms with van der Waals surface area (Å²) in [5.74, 6) is 0.708. The summed E-state index contributed by atoms with van der Waals surface area (Å²) in [6, 6.07) is 8.54. The van der Waals surface area contributed by atoms with Gasteiger partial charge in [0, 0.05) is 11.3 Å². The van der Waals surface area contributed by atoms with Crippen molar-refractivity contribution in [1.29, 1.82) is 0 Å². The smallest absolute Gasteiger partial charge is 0.149 e. The lowest BCUT2D eigenvalue weighted by Crippen LogP contribution is -2.02. The first kappa shape index (κ1) is 10.4. The number of nitrogens with zero attached hydrogens (tertiary/aromatic N) is 2. The van der Waals surface area contributed by atoms with Gasteiger partial charge in [-0.2, -0.15) is 5.10 Å². The summed E-state index contributed by atoms with van der Waals surface area (Å²) >= 11 is 0. The largest absolute Gasteiger partial charge is 0.382 e. The Morgan fingerprint density at radius 3 is 3.06 bits per heavy atom. The highest BCUT2D eigenvalue weighted by Crippen LogP contribution is 2.29. The predicted octanol–water partition coefficient (Wildman–Crippen LogP) is 2.51. The molecule has 3 heteroatoms. The van der Waals surface area contributed by atoms with E-state index in [1.54, 1.807) is 0 Å². The van der Waals surface area contributed by atoms with E-state index in [4.69, 9.17) is 5.73 Å². The Bertz CT molecular complexity index is 555. The number of hydrogen-bond acceptors (Lipinski definition) is 2. The number of aromatic nitrogens is 2. The molecule has 0 saturated heterocycles. The zero-order chi connectivity index (χ0) is 11.8. The highest BCUT2D eigenvalue weighted by Gasteiger charge is 2.21. The van der Waals surface area contributed by atoms with Crippen LogP contribution in [0, 0.1) is 0 Å². The fourth-order valence-electron chi connectivity index (χ4n) is 2.59. The number of nitrogens with two attached hydrogens (primary N) is 1.